The minimum Gasteiger partial charge on any atom is -0.307 e. The van der Waals surface area contributed by atoms with E-state index in [4.69, 9.17) is 0 Å². The maximum absolute atomic E-state index is 13.0. The Kier molecular flexibility index (Phi) is 5.43. The predicted molar refractivity (Wildman–Crippen MR) is 73.7 cm³/mol. The molecule has 0 aliphatic carbocycles. The molecular formula is C15H21F3N2. The van der Waals surface area contributed by atoms with Gasteiger partial charge in [0.1, 0.15) is 5.82 Å². The molecule has 2 unspecified atom stereocenters. The molecule has 0 saturated carbocycles. The fourth-order valence-corrected chi connectivity index (χ4v) is 2.83. The third-order valence-electron chi connectivity index (χ3n) is 3.88. The highest BCUT2D eigenvalue weighted by Gasteiger charge is 2.27. The first-order chi connectivity index (χ1) is 9.58. The summed E-state index contributed by atoms with van der Waals surface area (Å²) in [6.45, 7) is 4.38. The van der Waals surface area contributed by atoms with Gasteiger partial charge in [-0.1, -0.05) is 19.1 Å². The summed E-state index contributed by atoms with van der Waals surface area (Å²) in [5, 5.41) is 2.93. The van der Waals surface area contributed by atoms with Crippen LogP contribution in [0.5, 0.6) is 0 Å². The van der Waals surface area contributed by atoms with Crippen molar-refractivity contribution in [2.24, 2.45) is 0 Å². The van der Waals surface area contributed by atoms with Crippen LogP contribution < -0.4 is 5.32 Å². The van der Waals surface area contributed by atoms with Crippen LogP contribution in [0.25, 0.3) is 0 Å². The van der Waals surface area contributed by atoms with Crippen LogP contribution in [0.3, 0.4) is 0 Å². The van der Waals surface area contributed by atoms with Crippen LogP contribution in [0.2, 0.25) is 0 Å². The molecule has 0 spiro atoms. The van der Waals surface area contributed by atoms with Gasteiger partial charge in [0.25, 0.3) is 6.43 Å². The third-order valence-corrected chi connectivity index (χ3v) is 3.88. The summed E-state index contributed by atoms with van der Waals surface area (Å²) in [5.74, 6) is 0.0174. The van der Waals surface area contributed by atoms with Crippen LogP contribution >= 0.6 is 0 Å². The van der Waals surface area contributed by atoms with Crippen molar-refractivity contribution in [1.82, 2.24) is 10.2 Å². The first kappa shape index (κ1) is 15.3. The monoisotopic (exact) mass is 286 g/mol. The van der Waals surface area contributed by atoms with Crippen LogP contribution in [0.1, 0.15) is 24.8 Å². The van der Waals surface area contributed by atoms with Crippen molar-refractivity contribution in [2.75, 3.05) is 26.2 Å². The highest BCUT2D eigenvalue weighted by molar-refractivity contribution is 5.22. The number of nitrogens with zero attached hydrogens (tertiary/aromatic N) is 1. The second-order valence-electron chi connectivity index (χ2n) is 5.33. The van der Waals surface area contributed by atoms with E-state index >= 15 is 0 Å². The summed E-state index contributed by atoms with van der Waals surface area (Å²) in [4.78, 5) is 2.25. The summed E-state index contributed by atoms with van der Waals surface area (Å²) >= 11 is 0. The van der Waals surface area contributed by atoms with Crippen molar-refractivity contribution in [2.45, 2.75) is 31.7 Å². The van der Waals surface area contributed by atoms with E-state index in [9.17, 15) is 13.2 Å². The van der Waals surface area contributed by atoms with Crippen molar-refractivity contribution in [3.8, 4) is 0 Å². The molecule has 0 bridgehead atoms. The summed E-state index contributed by atoms with van der Waals surface area (Å²) in [6.07, 6.45) is -1.51. The molecule has 1 saturated heterocycles. The first-order valence-electron chi connectivity index (χ1n) is 7.07. The van der Waals surface area contributed by atoms with Crippen LogP contribution in [-0.4, -0.2) is 43.5 Å². The predicted octanol–water partition coefficient (Wildman–Crippen LogP) is 2.86. The Balaban J connectivity index is 2.02. The normalized spacial score (nSPS) is 24.2. The zero-order valence-electron chi connectivity index (χ0n) is 11.7. The van der Waals surface area contributed by atoms with Gasteiger partial charge >= 0.3 is 0 Å². The number of likely N-dealkylation sites (N-methyl/N-ethyl adjacent to an activating group) is 1. The highest BCUT2D eigenvalue weighted by atomic mass is 19.3. The number of piperidine rings is 1. The molecule has 1 fully saturated rings. The van der Waals surface area contributed by atoms with Gasteiger partial charge in [0.2, 0.25) is 0 Å². The zero-order valence-corrected chi connectivity index (χ0v) is 11.7. The lowest BCUT2D eigenvalue weighted by atomic mass is 9.88. The average Bonchev–Trinajstić information content (AvgIpc) is 2.45. The Morgan fingerprint density at radius 2 is 1.95 bits per heavy atom. The topological polar surface area (TPSA) is 15.3 Å². The van der Waals surface area contributed by atoms with Gasteiger partial charge in [-0.25, -0.2) is 13.2 Å². The van der Waals surface area contributed by atoms with Gasteiger partial charge in [0.15, 0.2) is 0 Å². The first-order valence-corrected chi connectivity index (χ1v) is 7.07. The maximum Gasteiger partial charge on any atom is 0.250 e. The quantitative estimate of drug-likeness (QED) is 0.895. The molecule has 0 aromatic heterocycles. The number of rotatable bonds is 5. The van der Waals surface area contributed by atoms with E-state index in [1.54, 1.807) is 12.1 Å². The minimum absolute atomic E-state index is 0.0627. The largest absolute Gasteiger partial charge is 0.307 e. The molecule has 5 heteroatoms. The lowest BCUT2D eigenvalue weighted by Crippen LogP contribution is -2.49. The maximum atomic E-state index is 13.0. The molecule has 112 valence electrons. The minimum atomic E-state index is -2.32. The molecule has 2 rings (SSSR count). The lowest BCUT2D eigenvalue weighted by Gasteiger charge is -2.38. The summed E-state index contributed by atoms with van der Waals surface area (Å²) < 4.78 is 37.6. The van der Waals surface area contributed by atoms with E-state index < -0.39 is 6.43 Å². The van der Waals surface area contributed by atoms with E-state index in [1.165, 1.54) is 12.1 Å². The van der Waals surface area contributed by atoms with Crippen LogP contribution in [0, 0.1) is 5.82 Å². The second kappa shape index (κ2) is 7.09. The van der Waals surface area contributed by atoms with Crippen molar-refractivity contribution >= 4 is 0 Å². The molecule has 1 aliphatic heterocycles. The molecular weight excluding hydrogens is 265 g/mol. The van der Waals surface area contributed by atoms with Gasteiger partial charge in [0.05, 0.1) is 6.54 Å². The summed E-state index contributed by atoms with van der Waals surface area (Å²) in [6, 6.07) is 6.57. The van der Waals surface area contributed by atoms with Gasteiger partial charge in [-0.05, 0) is 36.6 Å². The van der Waals surface area contributed by atoms with Crippen LogP contribution in [0.4, 0.5) is 13.2 Å². The Labute approximate surface area is 118 Å². The zero-order chi connectivity index (χ0) is 14.5. The molecule has 0 amide bonds. The van der Waals surface area contributed by atoms with E-state index in [-0.39, 0.29) is 24.3 Å². The molecule has 1 N–H and O–H groups in total. The fraction of sp³-hybridized carbons (Fsp3) is 0.600. The number of alkyl halides is 2. The number of likely N-dealkylation sites (tertiary alicyclic amines) is 1. The molecule has 1 aromatic rings. The Morgan fingerprint density at radius 1 is 1.25 bits per heavy atom. The van der Waals surface area contributed by atoms with Gasteiger partial charge in [-0.2, -0.15) is 0 Å². The van der Waals surface area contributed by atoms with Gasteiger partial charge in [0, 0.05) is 19.1 Å². The Morgan fingerprint density at radius 3 is 2.55 bits per heavy atom. The molecule has 0 radical (unpaired) electrons. The third kappa shape index (κ3) is 4.21. The smallest absolute Gasteiger partial charge is 0.250 e. The molecule has 1 aliphatic rings. The van der Waals surface area contributed by atoms with Crippen molar-refractivity contribution < 1.29 is 13.2 Å². The molecule has 20 heavy (non-hydrogen) atoms. The highest BCUT2D eigenvalue weighted by Crippen LogP contribution is 2.27. The lowest BCUT2D eigenvalue weighted by molar-refractivity contribution is 0.122. The van der Waals surface area contributed by atoms with Crippen molar-refractivity contribution in [1.29, 1.82) is 0 Å². The van der Waals surface area contributed by atoms with E-state index in [2.05, 4.69) is 17.1 Å². The summed E-state index contributed by atoms with van der Waals surface area (Å²) in [5.41, 5.74) is 1.08. The average molecular weight is 286 g/mol. The van der Waals surface area contributed by atoms with Crippen molar-refractivity contribution in [3.05, 3.63) is 35.6 Å². The number of hydrogen-bond acceptors (Lipinski definition) is 2. The molecule has 2 nitrogen and oxygen atoms in total. The molecule has 1 aromatic carbocycles. The SMILES string of the molecule is CCN1CC(NCC(F)F)CC(c2ccc(F)cc2)C1. The van der Waals surface area contributed by atoms with Crippen LogP contribution in [0.15, 0.2) is 24.3 Å². The van der Waals surface area contributed by atoms with E-state index in [1.807, 2.05) is 0 Å². The van der Waals surface area contributed by atoms with Crippen LogP contribution in [-0.2, 0) is 0 Å². The number of benzene rings is 1. The van der Waals surface area contributed by atoms with Gasteiger partial charge in [-0.3, -0.25) is 0 Å². The standard InChI is InChI=1S/C15H21F3N2/c1-2-20-9-12(11-3-5-13(16)6-4-11)7-14(10-20)19-8-15(17)18/h3-6,12,14-15,19H,2,7-10H2,1H3. The molecule has 2 atom stereocenters. The summed E-state index contributed by atoms with van der Waals surface area (Å²) in [7, 11) is 0. The number of halogens is 3. The van der Waals surface area contributed by atoms with Gasteiger partial charge < -0.3 is 10.2 Å². The fourth-order valence-electron chi connectivity index (χ4n) is 2.83. The Hall–Kier alpha value is -1.07. The van der Waals surface area contributed by atoms with E-state index in [0.717, 1.165) is 31.6 Å². The number of hydrogen-bond donors (Lipinski definition) is 1. The Bertz CT molecular complexity index is 408. The second-order valence-corrected chi connectivity index (χ2v) is 5.33. The number of nitrogens with one attached hydrogen (secondary N) is 1. The van der Waals surface area contributed by atoms with E-state index in [0.29, 0.717) is 0 Å². The van der Waals surface area contributed by atoms with Gasteiger partial charge in [-0.15, -0.1) is 0 Å². The van der Waals surface area contributed by atoms with Crippen molar-refractivity contribution in [3.63, 3.8) is 0 Å². The molecule has 1 heterocycles.